The summed E-state index contributed by atoms with van der Waals surface area (Å²) < 4.78 is 2.68. The van der Waals surface area contributed by atoms with Crippen LogP contribution in [-0.2, 0) is 0 Å². The summed E-state index contributed by atoms with van der Waals surface area (Å²) in [5.74, 6) is 1.52. The van der Waals surface area contributed by atoms with Crippen LogP contribution in [0, 0.1) is 0 Å². The van der Waals surface area contributed by atoms with E-state index in [1.165, 1.54) is 0 Å². The second-order valence-corrected chi connectivity index (χ2v) is 6.44. The van der Waals surface area contributed by atoms with Crippen molar-refractivity contribution >= 4 is 33.1 Å². The lowest BCUT2D eigenvalue weighted by Gasteiger charge is -2.09. The fourth-order valence-corrected chi connectivity index (χ4v) is 3.06. The Kier molecular flexibility index (Phi) is 4.74. The average Bonchev–Trinajstić information content (AvgIpc) is 3.08. The van der Waals surface area contributed by atoms with Gasteiger partial charge in [-0.3, -0.25) is 0 Å². The summed E-state index contributed by atoms with van der Waals surface area (Å²) in [6.07, 6.45) is 5.29. The predicted octanol–water partition coefficient (Wildman–Crippen LogP) is 3.47. The molecule has 7 nitrogen and oxygen atoms in total. The SMILES string of the molecule is Brc1cnn2ccnc(NCCNc3ccc(-c4ccccc4)nn3)c12. The van der Waals surface area contributed by atoms with Crippen LogP contribution in [0.25, 0.3) is 16.8 Å². The summed E-state index contributed by atoms with van der Waals surface area (Å²) in [5.41, 5.74) is 2.83. The Bertz CT molecular complexity index is 999. The summed E-state index contributed by atoms with van der Waals surface area (Å²) in [4.78, 5) is 4.37. The fourth-order valence-electron chi connectivity index (χ4n) is 2.60. The van der Waals surface area contributed by atoms with Gasteiger partial charge in [-0.15, -0.1) is 10.2 Å². The van der Waals surface area contributed by atoms with E-state index in [0.717, 1.165) is 32.9 Å². The van der Waals surface area contributed by atoms with E-state index in [2.05, 4.69) is 46.8 Å². The summed E-state index contributed by atoms with van der Waals surface area (Å²) in [7, 11) is 0. The quantitative estimate of drug-likeness (QED) is 0.474. The molecular weight excluding hydrogens is 394 g/mol. The van der Waals surface area contributed by atoms with Crippen molar-refractivity contribution in [1.29, 1.82) is 0 Å². The van der Waals surface area contributed by atoms with E-state index in [0.29, 0.717) is 13.1 Å². The first-order valence-electron chi connectivity index (χ1n) is 8.16. The van der Waals surface area contributed by atoms with Gasteiger partial charge >= 0.3 is 0 Å². The van der Waals surface area contributed by atoms with Crippen molar-refractivity contribution in [1.82, 2.24) is 24.8 Å². The Morgan fingerprint density at radius 1 is 0.962 bits per heavy atom. The number of anilines is 2. The van der Waals surface area contributed by atoms with Crippen LogP contribution in [0.1, 0.15) is 0 Å². The van der Waals surface area contributed by atoms with Crippen LogP contribution in [0.2, 0.25) is 0 Å². The molecule has 3 heterocycles. The van der Waals surface area contributed by atoms with E-state index in [1.807, 2.05) is 48.7 Å². The lowest BCUT2D eigenvalue weighted by Crippen LogP contribution is -2.15. The number of hydrogen-bond donors (Lipinski definition) is 2. The highest BCUT2D eigenvalue weighted by Gasteiger charge is 2.07. The number of rotatable bonds is 6. The Hall–Kier alpha value is -3.00. The van der Waals surface area contributed by atoms with Crippen LogP contribution in [0.4, 0.5) is 11.6 Å². The normalized spacial score (nSPS) is 10.8. The molecule has 0 fully saturated rings. The molecule has 0 saturated carbocycles. The molecule has 130 valence electrons. The standard InChI is InChI=1S/C18H16BrN7/c19-14-12-23-26-11-10-22-18(17(14)26)21-9-8-20-16-7-6-15(24-25-16)13-4-2-1-3-5-13/h1-7,10-12H,8-9H2,(H,20,25)(H,21,22). The first-order valence-corrected chi connectivity index (χ1v) is 8.95. The molecule has 0 unspecified atom stereocenters. The first kappa shape index (κ1) is 16.5. The average molecular weight is 410 g/mol. The van der Waals surface area contributed by atoms with Crippen molar-refractivity contribution in [2.45, 2.75) is 0 Å². The Morgan fingerprint density at radius 2 is 1.81 bits per heavy atom. The van der Waals surface area contributed by atoms with Gasteiger partial charge in [0, 0.05) is 31.0 Å². The van der Waals surface area contributed by atoms with Gasteiger partial charge in [-0.1, -0.05) is 30.3 Å². The number of benzene rings is 1. The fraction of sp³-hybridized carbons (Fsp3) is 0.111. The van der Waals surface area contributed by atoms with Gasteiger partial charge in [0.15, 0.2) is 5.82 Å². The molecule has 0 saturated heterocycles. The van der Waals surface area contributed by atoms with Crippen molar-refractivity contribution < 1.29 is 0 Å². The molecule has 0 aliphatic rings. The van der Waals surface area contributed by atoms with Crippen LogP contribution >= 0.6 is 15.9 Å². The predicted molar refractivity (Wildman–Crippen MR) is 105 cm³/mol. The Labute approximate surface area is 158 Å². The minimum Gasteiger partial charge on any atom is -0.367 e. The second kappa shape index (κ2) is 7.49. The lowest BCUT2D eigenvalue weighted by molar-refractivity contribution is 0.939. The van der Waals surface area contributed by atoms with Crippen molar-refractivity contribution in [2.75, 3.05) is 23.7 Å². The largest absolute Gasteiger partial charge is 0.367 e. The van der Waals surface area contributed by atoms with E-state index in [-0.39, 0.29) is 0 Å². The summed E-state index contributed by atoms with van der Waals surface area (Å²) in [6.45, 7) is 1.38. The summed E-state index contributed by atoms with van der Waals surface area (Å²) in [5, 5.41) is 19.3. The van der Waals surface area contributed by atoms with E-state index in [1.54, 1.807) is 16.9 Å². The summed E-state index contributed by atoms with van der Waals surface area (Å²) in [6, 6.07) is 13.9. The number of halogens is 1. The third-order valence-electron chi connectivity index (χ3n) is 3.84. The minimum absolute atomic E-state index is 0.687. The van der Waals surface area contributed by atoms with E-state index >= 15 is 0 Å². The molecular formula is C18H16BrN7. The molecule has 0 bridgehead atoms. The Balaban J connectivity index is 1.34. The van der Waals surface area contributed by atoms with Crippen LogP contribution < -0.4 is 10.6 Å². The van der Waals surface area contributed by atoms with Crippen molar-refractivity contribution in [3.63, 3.8) is 0 Å². The molecule has 0 aliphatic heterocycles. The third kappa shape index (κ3) is 3.50. The zero-order valence-electron chi connectivity index (χ0n) is 13.8. The van der Waals surface area contributed by atoms with Crippen molar-refractivity contribution in [3.8, 4) is 11.3 Å². The minimum atomic E-state index is 0.687. The molecule has 8 heteroatoms. The molecule has 2 N–H and O–H groups in total. The van der Waals surface area contributed by atoms with E-state index in [9.17, 15) is 0 Å². The van der Waals surface area contributed by atoms with Gasteiger partial charge in [-0.2, -0.15) is 5.10 Å². The topological polar surface area (TPSA) is 80.0 Å². The smallest absolute Gasteiger partial charge is 0.153 e. The number of aromatic nitrogens is 5. The third-order valence-corrected chi connectivity index (χ3v) is 4.42. The molecule has 0 aliphatic carbocycles. The van der Waals surface area contributed by atoms with Gasteiger partial charge in [0.05, 0.1) is 16.4 Å². The van der Waals surface area contributed by atoms with Crippen LogP contribution in [0.3, 0.4) is 0 Å². The first-order chi connectivity index (χ1) is 12.8. The van der Waals surface area contributed by atoms with Gasteiger partial charge in [-0.05, 0) is 28.1 Å². The van der Waals surface area contributed by atoms with Gasteiger partial charge in [-0.25, -0.2) is 9.50 Å². The molecule has 4 rings (SSSR count). The highest BCUT2D eigenvalue weighted by molar-refractivity contribution is 9.10. The van der Waals surface area contributed by atoms with Crippen LogP contribution in [-0.4, -0.2) is 37.9 Å². The highest BCUT2D eigenvalue weighted by Crippen LogP contribution is 2.22. The molecule has 1 aromatic carbocycles. The zero-order valence-corrected chi connectivity index (χ0v) is 15.4. The molecule has 0 radical (unpaired) electrons. The van der Waals surface area contributed by atoms with Gasteiger partial charge in [0.2, 0.25) is 0 Å². The van der Waals surface area contributed by atoms with Gasteiger partial charge in [0.25, 0.3) is 0 Å². The number of nitrogens with zero attached hydrogens (tertiary/aromatic N) is 5. The maximum Gasteiger partial charge on any atom is 0.153 e. The molecule has 0 spiro atoms. The van der Waals surface area contributed by atoms with Crippen LogP contribution in [0.5, 0.6) is 0 Å². The van der Waals surface area contributed by atoms with Gasteiger partial charge in [0.1, 0.15) is 11.3 Å². The van der Waals surface area contributed by atoms with Gasteiger partial charge < -0.3 is 10.6 Å². The number of fused-ring (bicyclic) bond motifs is 1. The Morgan fingerprint density at radius 3 is 2.62 bits per heavy atom. The molecule has 0 atom stereocenters. The lowest BCUT2D eigenvalue weighted by atomic mass is 10.1. The number of hydrogen-bond acceptors (Lipinski definition) is 6. The van der Waals surface area contributed by atoms with Crippen molar-refractivity contribution in [2.24, 2.45) is 0 Å². The zero-order chi connectivity index (χ0) is 17.8. The maximum absolute atomic E-state index is 4.37. The molecule has 0 amide bonds. The monoisotopic (exact) mass is 409 g/mol. The second-order valence-electron chi connectivity index (χ2n) is 5.58. The van der Waals surface area contributed by atoms with Crippen LogP contribution in [0.15, 0.2) is 65.5 Å². The van der Waals surface area contributed by atoms with E-state index < -0.39 is 0 Å². The highest BCUT2D eigenvalue weighted by atomic mass is 79.9. The van der Waals surface area contributed by atoms with E-state index in [4.69, 9.17) is 0 Å². The molecule has 4 aromatic rings. The van der Waals surface area contributed by atoms with Crippen molar-refractivity contribution in [3.05, 3.63) is 65.5 Å². The molecule has 26 heavy (non-hydrogen) atoms. The summed E-state index contributed by atoms with van der Waals surface area (Å²) >= 11 is 3.49. The number of nitrogens with one attached hydrogen (secondary N) is 2. The maximum atomic E-state index is 4.37. The molecule has 3 aromatic heterocycles.